The van der Waals surface area contributed by atoms with Crippen molar-refractivity contribution < 1.29 is 4.39 Å². The van der Waals surface area contributed by atoms with Crippen LogP contribution >= 0.6 is 28.1 Å². The van der Waals surface area contributed by atoms with Crippen LogP contribution in [-0.2, 0) is 5.41 Å². The van der Waals surface area contributed by atoms with E-state index in [0.29, 0.717) is 4.47 Å². The van der Waals surface area contributed by atoms with E-state index in [1.165, 1.54) is 6.07 Å². The predicted octanol–water partition coefficient (Wildman–Crippen LogP) is 3.54. The molecule has 0 heterocycles. The maximum Gasteiger partial charge on any atom is 0.168 e. The van der Waals surface area contributed by atoms with Crippen LogP contribution in [0.1, 0.15) is 26.3 Å². The number of halogens is 2. The molecule has 0 spiro atoms. The van der Waals surface area contributed by atoms with Gasteiger partial charge in [0.15, 0.2) is 5.11 Å². The molecule has 0 atom stereocenters. The summed E-state index contributed by atoms with van der Waals surface area (Å²) in [6, 6.07) is 3.36. The van der Waals surface area contributed by atoms with Crippen molar-refractivity contribution in [3.63, 3.8) is 0 Å². The van der Waals surface area contributed by atoms with Crippen molar-refractivity contribution in [2.75, 3.05) is 5.32 Å². The van der Waals surface area contributed by atoms with E-state index in [1.54, 1.807) is 0 Å². The molecule has 1 rings (SSSR count). The summed E-state index contributed by atoms with van der Waals surface area (Å²) in [7, 11) is 0. The molecule has 88 valence electrons. The van der Waals surface area contributed by atoms with Crippen molar-refractivity contribution in [1.29, 1.82) is 0 Å². The molecule has 0 saturated carbocycles. The zero-order valence-electron chi connectivity index (χ0n) is 9.40. The van der Waals surface area contributed by atoms with Crippen molar-refractivity contribution in [3.8, 4) is 0 Å². The number of nitrogens with two attached hydrogens (primary N) is 1. The summed E-state index contributed by atoms with van der Waals surface area (Å²) in [6.45, 7) is 6.07. The molecule has 5 heteroatoms. The van der Waals surface area contributed by atoms with E-state index in [-0.39, 0.29) is 22.0 Å². The van der Waals surface area contributed by atoms with Crippen LogP contribution in [0.5, 0.6) is 0 Å². The first-order chi connectivity index (χ1) is 7.21. The molecular weight excluding hydrogens is 291 g/mol. The summed E-state index contributed by atoms with van der Waals surface area (Å²) in [5, 5.41) is 2.65. The molecule has 0 saturated heterocycles. The molecular formula is C11H14BrFN2S. The molecule has 3 N–H and O–H groups in total. The average Bonchev–Trinajstić information content (AvgIpc) is 2.09. The van der Waals surface area contributed by atoms with Gasteiger partial charge in [0.2, 0.25) is 0 Å². The zero-order chi connectivity index (χ0) is 12.5. The molecule has 0 radical (unpaired) electrons. The summed E-state index contributed by atoms with van der Waals surface area (Å²) < 4.78 is 14.4. The van der Waals surface area contributed by atoms with Crippen LogP contribution in [0.3, 0.4) is 0 Å². The fraction of sp³-hybridized carbons (Fsp3) is 0.364. The van der Waals surface area contributed by atoms with Gasteiger partial charge in [-0.25, -0.2) is 4.39 Å². The van der Waals surface area contributed by atoms with Crippen molar-refractivity contribution in [2.24, 2.45) is 5.73 Å². The lowest BCUT2D eigenvalue weighted by Gasteiger charge is -2.20. The van der Waals surface area contributed by atoms with Crippen molar-refractivity contribution in [3.05, 3.63) is 28.0 Å². The Kier molecular flexibility index (Phi) is 3.91. The number of benzene rings is 1. The smallest absolute Gasteiger partial charge is 0.168 e. The van der Waals surface area contributed by atoms with E-state index >= 15 is 0 Å². The minimum Gasteiger partial charge on any atom is -0.376 e. The van der Waals surface area contributed by atoms with Gasteiger partial charge in [0.25, 0.3) is 0 Å². The quantitative estimate of drug-likeness (QED) is 0.779. The maximum absolute atomic E-state index is 13.8. The summed E-state index contributed by atoms with van der Waals surface area (Å²) in [4.78, 5) is 0. The number of rotatable bonds is 1. The summed E-state index contributed by atoms with van der Waals surface area (Å²) in [5.74, 6) is -0.368. The van der Waals surface area contributed by atoms with E-state index in [0.717, 1.165) is 5.56 Å². The van der Waals surface area contributed by atoms with Crippen molar-refractivity contribution in [2.45, 2.75) is 26.2 Å². The molecule has 0 amide bonds. The molecule has 1 aromatic carbocycles. The highest BCUT2D eigenvalue weighted by Crippen LogP contribution is 2.32. The second kappa shape index (κ2) is 4.67. The number of hydrogen-bond acceptors (Lipinski definition) is 1. The molecule has 1 aromatic rings. The van der Waals surface area contributed by atoms with Gasteiger partial charge >= 0.3 is 0 Å². The fourth-order valence-electron chi connectivity index (χ4n) is 1.25. The van der Waals surface area contributed by atoms with E-state index in [2.05, 4.69) is 33.5 Å². The van der Waals surface area contributed by atoms with Gasteiger partial charge in [-0.05, 0) is 51.3 Å². The second-order valence-electron chi connectivity index (χ2n) is 4.55. The highest BCUT2D eigenvalue weighted by Gasteiger charge is 2.18. The van der Waals surface area contributed by atoms with Crippen LogP contribution < -0.4 is 11.1 Å². The van der Waals surface area contributed by atoms with E-state index in [9.17, 15) is 4.39 Å². The van der Waals surface area contributed by atoms with Gasteiger partial charge in [0.1, 0.15) is 5.82 Å². The van der Waals surface area contributed by atoms with Crippen LogP contribution in [0, 0.1) is 5.82 Å². The monoisotopic (exact) mass is 304 g/mol. The second-order valence-corrected chi connectivity index (χ2v) is 5.85. The Morgan fingerprint density at radius 1 is 1.44 bits per heavy atom. The zero-order valence-corrected chi connectivity index (χ0v) is 11.8. The van der Waals surface area contributed by atoms with Gasteiger partial charge < -0.3 is 11.1 Å². The third kappa shape index (κ3) is 3.15. The molecule has 2 nitrogen and oxygen atoms in total. The van der Waals surface area contributed by atoms with Gasteiger partial charge in [-0.15, -0.1) is 0 Å². The average molecular weight is 305 g/mol. The molecule has 0 aliphatic rings. The first-order valence-corrected chi connectivity index (χ1v) is 5.98. The van der Waals surface area contributed by atoms with Crippen LogP contribution in [0.4, 0.5) is 10.1 Å². The summed E-state index contributed by atoms with van der Waals surface area (Å²) in [6.07, 6.45) is 0. The largest absolute Gasteiger partial charge is 0.376 e. The van der Waals surface area contributed by atoms with Gasteiger partial charge in [-0.1, -0.05) is 20.8 Å². The Bertz CT molecular complexity index is 403. The minimum atomic E-state index is -0.368. The Morgan fingerprint density at radius 2 is 2.00 bits per heavy atom. The third-order valence-corrected chi connectivity index (χ3v) is 2.88. The first kappa shape index (κ1) is 13.4. The number of hydrogen-bond donors (Lipinski definition) is 2. The lowest BCUT2D eigenvalue weighted by molar-refractivity contribution is 0.573. The third-order valence-electron chi connectivity index (χ3n) is 2.16. The Labute approximate surface area is 109 Å². The topological polar surface area (TPSA) is 38.0 Å². The van der Waals surface area contributed by atoms with E-state index < -0.39 is 0 Å². The predicted molar refractivity (Wildman–Crippen MR) is 73.2 cm³/mol. The molecule has 0 unspecified atom stereocenters. The van der Waals surface area contributed by atoms with E-state index in [1.807, 2.05) is 26.8 Å². The summed E-state index contributed by atoms with van der Waals surface area (Å²) in [5.41, 5.74) is 6.40. The van der Waals surface area contributed by atoms with Crippen molar-refractivity contribution in [1.82, 2.24) is 0 Å². The minimum absolute atomic E-state index is 0.0445. The highest BCUT2D eigenvalue weighted by molar-refractivity contribution is 9.10. The molecule has 0 aliphatic carbocycles. The molecule has 0 bridgehead atoms. The SMILES string of the molecule is CC(C)(C)c1cc(F)c(NC(N)=S)c(Br)c1. The van der Waals surface area contributed by atoms with Gasteiger partial charge in [0, 0.05) is 4.47 Å². The Morgan fingerprint density at radius 3 is 2.38 bits per heavy atom. The van der Waals surface area contributed by atoms with Crippen LogP contribution in [0.15, 0.2) is 16.6 Å². The number of anilines is 1. The van der Waals surface area contributed by atoms with Gasteiger partial charge in [-0.3, -0.25) is 0 Å². The van der Waals surface area contributed by atoms with Crippen molar-refractivity contribution >= 4 is 38.9 Å². The fourth-order valence-corrected chi connectivity index (χ4v) is 1.89. The van der Waals surface area contributed by atoms with Gasteiger partial charge in [0.05, 0.1) is 5.69 Å². The van der Waals surface area contributed by atoms with Crippen LogP contribution in [0.2, 0.25) is 0 Å². The molecule has 0 aromatic heterocycles. The Balaban J connectivity index is 3.23. The van der Waals surface area contributed by atoms with Crippen LogP contribution in [0.25, 0.3) is 0 Å². The normalized spacial score (nSPS) is 11.3. The molecule has 0 aliphatic heterocycles. The van der Waals surface area contributed by atoms with Crippen LogP contribution in [-0.4, -0.2) is 5.11 Å². The maximum atomic E-state index is 13.8. The Hall–Kier alpha value is -0.680. The van der Waals surface area contributed by atoms with Gasteiger partial charge in [-0.2, -0.15) is 0 Å². The molecule has 0 fully saturated rings. The highest BCUT2D eigenvalue weighted by atomic mass is 79.9. The van der Waals surface area contributed by atoms with E-state index in [4.69, 9.17) is 5.73 Å². The molecule has 16 heavy (non-hydrogen) atoms. The number of thiocarbonyl (C=S) groups is 1. The number of nitrogens with one attached hydrogen (secondary N) is 1. The first-order valence-electron chi connectivity index (χ1n) is 4.78. The lowest BCUT2D eigenvalue weighted by atomic mass is 9.87. The lowest BCUT2D eigenvalue weighted by Crippen LogP contribution is -2.20. The summed E-state index contributed by atoms with van der Waals surface area (Å²) >= 11 is 7.98. The standard InChI is InChI=1S/C11H14BrFN2S/c1-11(2,3)6-4-7(12)9(8(13)5-6)15-10(14)16/h4-5H,1-3H3,(H3,14,15,16).